The number of hydrazone groups is 1. The standard InChI is InChI=1S/C15H9N5O4S/c16-6-5-9(21)19-20-11-10(12(22)14(24)18-13(11)23)15-17-7-3-1-2-4-8(7)25-15/h1-4,10H,5H2,(H,19,21)(H,18,23,24)/b20-11-/t10-/m0/s1. The van der Waals surface area contributed by atoms with E-state index in [1.54, 1.807) is 30.3 Å². The smallest absolute Gasteiger partial charge is 0.287 e. The summed E-state index contributed by atoms with van der Waals surface area (Å²) in [5, 5.41) is 14.2. The van der Waals surface area contributed by atoms with E-state index in [0.29, 0.717) is 5.52 Å². The number of para-hydroxylation sites is 1. The van der Waals surface area contributed by atoms with Crippen LogP contribution in [0.4, 0.5) is 0 Å². The molecule has 0 unspecified atom stereocenters. The molecule has 10 heteroatoms. The molecule has 0 bridgehead atoms. The van der Waals surface area contributed by atoms with Crippen LogP contribution in [-0.4, -0.2) is 34.2 Å². The number of Topliss-reactive ketones (excluding diaryl/α,β-unsaturated/α-hetero) is 1. The lowest BCUT2D eigenvalue weighted by Crippen LogP contribution is -2.52. The number of hydrogen-bond donors (Lipinski definition) is 2. The SMILES string of the molecule is N#CCC(=O)N/N=C1\C(=O)NC(=O)C(=O)[C@H]1c1nc2ccccc2s1. The molecule has 2 N–H and O–H groups in total. The van der Waals surface area contributed by atoms with Crippen LogP contribution in [0.25, 0.3) is 10.2 Å². The molecule has 0 spiro atoms. The van der Waals surface area contributed by atoms with E-state index in [-0.39, 0.29) is 10.7 Å². The number of ketones is 1. The zero-order valence-corrected chi connectivity index (χ0v) is 13.3. The number of amides is 3. The molecular weight excluding hydrogens is 346 g/mol. The van der Waals surface area contributed by atoms with Crippen LogP contribution in [0.2, 0.25) is 0 Å². The van der Waals surface area contributed by atoms with E-state index in [9.17, 15) is 19.2 Å². The number of carbonyl (C=O) groups is 4. The van der Waals surface area contributed by atoms with E-state index in [1.165, 1.54) is 0 Å². The minimum Gasteiger partial charge on any atom is -0.287 e. The Morgan fingerprint density at radius 2 is 2.08 bits per heavy atom. The zero-order valence-electron chi connectivity index (χ0n) is 12.5. The molecule has 1 atom stereocenters. The summed E-state index contributed by atoms with van der Waals surface area (Å²) in [5.41, 5.74) is 2.29. The Morgan fingerprint density at radius 1 is 1.32 bits per heavy atom. The lowest BCUT2D eigenvalue weighted by Gasteiger charge is -2.19. The van der Waals surface area contributed by atoms with E-state index < -0.39 is 35.8 Å². The van der Waals surface area contributed by atoms with Gasteiger partial charge in [-0.2, -0.15) is 10.4 Å². The number of nitriles is 1. The Hall–Kier alpha value is -3.45. The lowest BCUT2D eigenvalue weighted by atomic mass is 9.94. The number of imide groups is 1. The maximum absolute atomic E-state index is 12.3. The van der Waals surface area contributed by atoms with Crippen LogP contribution in [0.3, 0.4) is 0 Å². The normalized spacial score (nSPS) is 18.9. The number of carbonyl (C=O) groups excluding carboxylic acids is 4. The van der Waals surface area contributed by atoms with E-state index in [4.69, 9.17) is 5.26 Å². The first kappa shape index (κ1) is 16.4. The van der Waals surface area contributed by atoms with Crippen molar-refractivity contribution in [1.29, 1.82) is 5.26 Å². The summed E-state index contributed by atoms with van der Waals surface area (Å²) in [6.45, 7) is 0. The molecule has 1 fully saturated rings. The summed E-state index contributed by atoms with van der Waals surface area (Å²) < 4.78 is 0.775. The predicted octanol–water partition coefficient (Wildman–Crippen LogP) is -0.00872. The van der Waals surface area contributed by atoms with Gasteiger partial charge in [0.25, 0.3) is 17.7 Å². The fraction of sp³-hybridized carbons (Fsp3) is 0.133. The molecule has 2 heterocycles. The number of nitrogens with one attached hydrogen (secondary N) is 2. The minimum atomic E-state index is -1.30. The van der Waals surface area contributed by atoms with Crippen LogP contribution in [0.15, 0.2) is 29.4 Å². The largest absolute Gasteiger partial charge is 0.295 e. The third-order valence-electron chi connectivity index (χ3n) is 3.32. The monoisotopic (exact) mass is 355 g/mol. The van der Waals surface area contributed by atoms with Crippen LogP contribution in [0.5, 0.6) is 0 Å². The fourth-order valence-corrected chi connectivity index (χ4v) is 3.28. The molecule has 2 aromatic rings. The van der Waals surface area contributed by atoms with Crippen molar-refractivity contribution < 1.29 is 19.2 Å². The molecule has 0 radical (unpaired) electrons. The number of nitrogens with zero attached hydrogens (tertiary/aromatic N) is 3. The Balaban J connectivity index is 2.03. The van der Waals surface area contributed by atoms with Gasteiger partial charge in [0.2, 0.25) is 5.78 Å². The highest BCUT2D eigenvalue weighted by Gasteiger charge is 2.43. The van der Waals surface area contributed by atoms with Gasteiger partial charge >= 0.3 is 0 Å². The van der Waals surface area contributed by atoms with Gasteiger partial charge in [0.15, 0.2) is 0 Å². The van der Waals surface area contributed by atoms with E-state index in [0.717, 1.165) is 16.0 Å². The van der Waals surface area contributed by atoms with Crippen LogP contribution < -0.4 is 10.7 Å². The van der Waals surface area contributed by atoms with E-state index in [2.05, 4.69) is 10.1 Å². The first-order valence-electron chi connectivity index (χ1n) is 6.99. The van der Waals surface area contributed by atoms with Gasteiger partial charge < -0.3 is 0 Å². The molecule has 9 nitrogen and oxygen atoms in total. The van der Waals surface area contributed by atoms with Crippen LogP contribution >= 0.6 is 11.3 Å². The first-order chi connectivity index (χ1) is 12.0. The number of rotatable bonds is 3. The minimum absolute atomic E-state index is 0.225. The average Bonchev–Trinajstić information content (AvgIpc) is 3.00. The quantitative estimate of drug-likeness (QED) is 0.451. The zero-order chi connectivity index (χ0) is 18.0. The van der Waals surface area contributed by atoms with Crippen molar-refractivity contribution in [3.05, 3.63) is 29.3 Å². The van der Waals surface area contributed by atoms with Crippen molar-refractivity contribution >= 4 is 50.8 Å². The van der Waals surface area contributed by atoms with Gasteiger partial charge in [-0.25, -0.2) is 10.4 Å². The van der Waals surface area contributed by atoms with E-state index in [1.807, 2.05) is 10.7 Å². The molecule has 1 aliphatic rings. The van der Waals surface area contributed by atoms with Gasteiger partial charge in [-0.1, -0.05) is 12.1 Å². The maximum Gasteiger partial charge on any atom is 0.295 e. The van der Waals surface area contributed by atoms with Crippen LogP contribution in [-0.2, 0) is 19.2 Å². The molecule has 1 aromatic heterocycles. The summed E-state index contributed by atoms with van der Waals surface area (Å²) in [4.78, 5) is 51.7. The first-order valence-corrected chi connectivity index (χ1v) is 7.81. The summed E-state index contributed by atoms with van der Waals surface area (Å²) >= 11 is 1.15. The second-order valence-electron chi connectivity index (χ2n) is 4.97. The fourth-order valence-electron chi connectivity index (χ4n) is 2.21. The molecule has 1 aromatic carbocycles. The van der Waals surface area contributed by atoms with Crippen LogP contribution in [0, 0.1) is 11.3 Å². The maximum atomic E-state index is 12.3. The van der Waals surface area contributed by atoms with Crippen molar-refractivity contribution in [2.45, 2.75) is 12.3 Å². The third-order valence-corrected chi connectivity index (χ3v) is 4.42. The highest BCUT2D eigenvalue weighted by molar-refractivity contribution is 7.19. The summed E-state index contributed by atoms with van der Waals surface area (Å²) in [6, 6.07) is 8.71. The Morgan fingerprint density at radius 3 is 2.80 bits per heavy atom. The van der Waals surface area contributed by atoms with Crippen molar-refractivity contribution in [2.75, 3.05) is 0 Å². The average molecular weight is 355 g/mol. The third kappa shape index (κ3) is 3.13. The van der Waals surface area contributed by atoms with E-state index >= 15 is 0 Å². The molecular formula is C15H9N5O4S. The molecule has 3 rings (SSSR count). The van der Waals surface area contributed by atoms with Crippen molar-refractivity contribution in [3.63, 3.8) is 0 Å². The molecule has 1 aliphatic heterocycles. The number of benzene rings is 1. The van der Waals surface area contributed by atoms with Gasteiger partial charge in [-0.15, -0.1) is 11.3 Å². The number of thiazole rings is 1. The van der Waals surface area contributed by atoms with Gasteiger partial charge in [0.1, 0.15) is 23.1 Å². The number of hydrogen-bond acceptors (Lipinski definition) is 8. The second-order valence-corrected chi connectivity index (χ2v) is 6.03. The number of fused-ring (bicyclic) bond motifs is 1. The van der Waals surface area contributed by atoms with Crippen LogP contribution in [0.1, 0.15) is 17.3 Å². The molecule has 3 amide bonds. The van der Waals surface area contributed by atoms with Gasteiger partial charge in [-0.3, -0.25) is 24.5 Å². The molecule has 25 heavy (non-hydrogen) atoms. The Kier molecular flexibility index (Phi) is 4.32. The molecule has 0 aliphatic carbocycles. The predicted molar refractivity (Wildman–Crippen MR) is 86.3 cm³/mol. The van der Waals surface area contributed by atoms with Crippen molar-refractivity contribution in [3.8, 4) is 6.07 Å². The summed E-state index contributed by atoms with van der Waals surface area (Å²) in [6.07, 6.45) is -0.461. The summed E-state index contributed by atoms with van der Waals surface area (Å²) in [5.74, 6) is -4.90. The van der Waals surface area contributed by atoms with Crippen molar-refractivity contribution in [1.82, 2.24) is 15.7 Å². The number of piperidine rings is 1. The van der Waals surface area contributed by atoms with Gasteiger partial charge in [0, 0.05) is 0 Å². The van der Waals surface area contributed by atoms with Gasteiger partial charge in [0.05, 0.1) is 16.3 Å². The highest BCUT2D eigenvalue weighted by Crippen LogP contribution is 2.30. The summed E-state index contributed by atoms with van der Waals surface area (Å²) in [7, 11) is 0. The molecule has 1 saturated heterocycles. The highest BCUT2D eigenvalue weighted by atomic mass is 32.1. The lowest BCUT2D eigenvalue weighted by molar-refractivity contribution is -0.141. The molecule has 124 valence electrons. The topological polar surface area (TPSA) is 141 Å². The number of aromatic nitrogens is 1. The Bertz CT molecular complexity index is 954. The second kappa shape index (κ2) is 6.58. The Labute approximate surface area is 144 Å². The molecule has 0 saturated carbocycles. The van der Waals surface area contributed by atoms with Crippen molar-refractivity contribution in [2.24, 2.45) is 5.10 Å². The van der Waals surface area contributed by atoms with Gasteiger partial charge in [-0.05, 0) is 12.1 Å².